The molecule has 2 heterocycles. The van der Waals surface area contributed by atoms with Gasteiger partial charge < -0.3 is 15.3 Å². The molecule has 19 heavy (non-hydrogen) atoms. The molecule has 5 heteroatoms. The molecule has 0 saturated carbocycles. The number of carboxylic acid groups (broad SMARTS) is 1. The van der Waals surface area contributed by atoms with E-state index >= 15 is 0 Å². The highest BCUT2D eigenvalue weighted by Crippen LogP contribution is 2.24. The molecule has 1 atom stereocenters. The molecule has 100 valence electrons. The Hall–Kier alpha value is -2.01. The summed E-state index contributed by atoms with van der Waals surface area (Å²) in [6.45, 7) is 2.23. The first-order valence-electron chi connectivity index (χ1n) is 6.45. The lowest BCUT2D eigenvalue weighted by Crippen LogP contribution is -2.43. The van der Waals surface area contributed by atoms with Gasteiger partial charge in [-0.3, -0.25) is 10.1 Å². The molecule has 1 aromatic carbocycles. The zero-order valence-corrected chi connectivity index (χ0v) is 10.6. The molecule has 2 aliphatic rings. The van der Waals surface area contributed by atoms with Crippen LogP contribution in [0.5, 0.6) is 0 Å². The minimum atomic E-state index is -0.783. The molecule has 3 rings (SSSR count). The first-order valence-corrected chi connectivity index (χ1v) is 6.45. The van der Waals surface area contributed by atoms with E-state index in [0.717, 1.165) is 18.9 Å². The third-order valence-electron chi connectivity index (χ3n) is 3.65. The van der Waals surface area contributed by atoms with Crippen LogP contribution in [0, 0.1) is 0 Å². The number of carboxylic acids is 1. The number of rotatable bonds is 3. The molecule has 3 N–H and O–H groups in total. The first kappa shape index (κ1) is 12.0. The normalized spacial score (nSPS) is 22.1. The maximum absolute atomic E-state index is 11.0. The van der Waals surface area contributed by atoms with E-state index in [1.54, 1.807) is 0 Å². The van der Waals surface area contributed by atoms with Crippen LogP contribution in [-0.2, 0) is 11.3 Å². The van der Waals surface area contributed by atoms with Gasteiger partial charge >= 0.3 is 5.97 Å². The van der Waals surface area contributed by atoms with Gasteiger partial charge in [0.15, 0.2) is 0 Å². The summed E-state index contributed by atoms with van der Waals surface area (Å²) < 4.78 is 0. The molecule has 0 spiro atoms. The summed E-state index contributed by atoms with van der Waals surface area (Å²) in [6, 6.07) is 9.82. The van der Waals surface area contributed by atoms with Crippen molar-refractivity contribution < 1.29 is 9.90 Å². The number of benzene rings is 1. The average Bonchev–Trinajstić information content (AvgIpc) is 2.82. The predicted octanol–water partition coefficient (Wildman–Crippen LogP) is 0.707. The third kappa shape index (κ3) is 2.42. The van der Waals surface area contributed by atoms with E-state index in [0.29, 0.717) is 13.0 Å². The summed E-state index contributed by atoms with van der Waals surface area (Å²) >= 11 is 0. The van der Waals surface area contributed by atoms with Crippen molar-refractivity contribution in [1.82, 2.24) is 15.5 Å². The molecule has 2 aliphatic heterocycles. The van der Waals surface area contributed by atoms with E-state index in [4.69, 9.17) is 5.11 Å². The molecule has 0 aliphatic carbocycles. The van der Waals surface area contributed by atoms with Gasteiger partial charge in [-0.25, -0.2) is 0 Å². The van der Waals surface area contributed by atoms with Crippen molar-refractivity contribution >= 4 is 5.97 Å². The van der Waals surface area contributed by atoms with Crippen LogP contribution in [0.15, 0.2) is 41.7 Å². The molecule has 0 amide bonds. The van der Waals surface area contributed by atoms with Gasteiger partial charge in [0, 0.05) is 30.9 Å². The Morgan fingerprint density at radius 3 is 2.89 bits per heavy atom. The van der Waals surface area contributed by atoms with Crippen molar-refractivity contribution in [3.05, 3.63) is 47.3 Å². The summed E-state index contributed by atoms with van der Waals surface area (Å²) in [5, 5.41) is 15.4. The summed E-state index contributed by atoms with van der Waals surface area (Å²) in [6.07, 6.45) is 0.538. The van der Waals surface area contributed by atoms with Crippen LogP contribution in [0.3, 0.4) is 0 Å². The van der Waals surface area contributed by atoms with Crippen LogP contribution >= 0.6 is 0 Å². The van der Waals surface area contributed by atoms with Gasteiger partial charge in [-0.05, 0) is 5.56 Å². The second-order valence-corrected chi connectivity index (χ2v) is 4.92. The van der Waals surface area contributed by atoms with E-state index in [1.165, 1.54) is 11.3 Å². The fourth-order valence-corrected chi connectivity index (χ4v) is 2.61. The van der Waals surface area contributed by atoms with Crippen LogP contribution in [0.25, 0.3) is 0 Å². The van der Waals surface area contributed by atoms with Gasteiger partial charge in [0.2, 0.25) is 0 Å². The zero-order chi connectivity index (χ0) is 13.2. The molecule has 0 fully saturated rings. The Labute approximate surface area is 111 Å². The SMILES string of the molecule is O=C(O)C1CC2=C(CN1)N(Cc1ccccc1)CN2. The molecule has 0 radical (unpaired) electrons. The maximum atomic E-state index is 11.0. The number of hydrogen-bond donors (Lipinski definition) is 3. The van der Waals surface area contributed by atoms with E-state index in [9.17, 15) is 4.79 Å². The van der Waals surface area contributed by atoms with Crippen LogP contribution in [0.1, 0.15) is 12.0 Å². The van der Waals surface area contributed by atoms with Gasteiger partial charge in [-0.1, -0.05) is 30.3 Å². The van der Waals surface area contributed by atoms with Gasteiger partial charge in [-0.15, -0.1) is 0 Å². The fraction of sp³-hybridized carbons (Fsp3) is 0.357. The van der Waals surface area contributed by atoms with Crippen molar-refractivity contribution in [3.8, 4) is 0 Å². The Balaban J connectivity index is 1.72. The second kappa shape index (κ2) is 4.93. The minimum Gasteiger partial charge on any atom is -0.480 e. The van der Waals surface area contributed by atoms with Crippen LogP contribution in [0.2, 0.25) is 0 Å². The Morgan fingerprint density at radius 2 is 2.16 bits per heavy atom. The Bertz CT molecular complexity index is 513. The van der Waals surface area contributed by atoms with Crippen molar-refractivity contribution in [3.63, 3.8) is 0 Å². The van der Waals surface area contributed by atoms with E-state index in [2.05, 4.69) is 27.7 Å². The quantitative estimate of drug-likeness (QED) is 0.746. The van der Waals surface area contributed by atoms with Gasteiger partial charge in [-0.2, -0.15) is 0 Å². The highest BCUT2D eigenvalue weighted by atomic mass is 16.4. The number of nitrogens with one attached hydrogen (secondary N) is 2. The van der Waals surface area contributed by atoms with Crippen molar-refractivity contribution in [2.24, 2.45) is 0 Å². The molecule has 5 nitrogen and oxygen atoms in total. The number of carbonyl (C=O) groups is 1. The molecule has 0 saturated heterocycles. The van der Waals surface area contributed by atoms with E-state index in [-0.39, 0.29) is 0 Å². The lowest BCUT2D eigenvalue weighted by Gasteiger charge is -2.26. The zero-order valence-electron chi connectivity index (χ0n) is 10.6. The monoisotopic (exact) mass is 259 g/mol. The Kier molecular flexibility index (Phi) is 3.13. The molecule has 0 aromatic heterocycles. The predicted molar refractivity (Wildman–Crippen MR) is 71.1 cm³/mol. The van der Waals surface area contributed by atoms with Crippen molar-refractivity contribution in [2.75, 3.05) is 13.2 Å². The molecule has 1 unspecified atom stereocenters. The summed E-state index contributed by atoms with van der Waals surface area (Å²) in [7, 11) is 0. The van der Waals surface area contributed by atoms with Gasteiger partial charge in [0.05, 0.1) is 6.67 Å². The second-order valence-electron chi connectivity index (χ2n) is 4.92. The third-order valence-corrected chi connectivity index (χ3v) is 3.65. The minimum absolute atomic E-state index is 0.470. The largest absolute Gasteiger partial charge is 0.480 e. The van der Waals surface area contributed by atoms with Crippen LogP contribution < -0.4 is 10.6 Å². The highest BCUT2D eigenvalue weighted by Gasteiger charge is 2.31. The lowest BCUT2D eigenvalue weighted by molar-refractivity contribution is -0.139. The average molecular weight is 259 g/mol. The van der Waals surface area contributed by atoms with Gasteiger partial charge in [0.1, 0.15) is 6.04 Å². The lowest BCUT2D eigenvalue weighted by atomic mass is 10.1. The molecule has 0 bridgehead atoms. The highest BCUT2D eigenvalue weighted by molar-refractivity contribution is 5.74. The standard InChI is InChI=1S/C14H17N3O2/c18-14(19)12-6-11-13(7-15-12)17(9-16-11)8-10-4-2-1-3-5-10/h1-5,12,15-16H,6-9H2,(H,18,19). The summed E-state index contributed by atoms with van der Waals surface area (Å²) in [4.78, 5) is 13.2. The number of hydrogen-bond acceptors (Lipinski definition) is 4. The maximum Gasteiger partial charge on any atom is 0.321 e. The summed E-state index contributed by atoms with van der Waals surface area (Å²) in [5.74, 6) is -0.783. The van der Waals surface area contributed by atoms with Crippen molar-refractivity contribution in [1.29, 1.82) is 0 Å². The van der Waals surface area contributed by atoms with E-state index < -0.39 is 12.0 Å². The van der Waals surface area contributed by atoms with Crippen LogP contribution in [-0.4, -0.2) is 35.2 Å². The number of nitrogens with zero attached hydrogens (tertiary/aromatic N) is 1. The fourth-order valence-electron chi connectivity index (χ4n) is 2.61. The number of aliphatic carboxylic acids is 1. The van der Waals surface area contributed by atoms with Crippen molar-refractivity contribution in [2.45, 2.75) is 19.0 Å². The summed E-state index contributed by atoms with van der Waals surface area (Å²) in [5.41, 5.74) is 3.53. The van der Waals surface area contributed by atoms with E-state index in [1.807, 2.05) is 18.2 Å². The first-order chi connectivity index (χ1) is 9.24. The van der Waals surface area contributed by atoms with Gasteiger partial charge in [0.25, 0.3) is 0 Å². The Morgan fingerprint density at radius 1 is 1.37 bits per heavy atom. The molecule has 1 aromatic rings. The topological polar surface area (TPSA) is 64.6 Å². The smallest absolute Gasteiger partial charge is 0.321 e. The molecular weight excluding hydrogens is 242 g/mol. The molecular formula is C14H17N3O2. The van der Waals surface area contributed by atoms with Crippen LogP contribution in [0.4, 0.5) is 0 Å².